The SMILES string of the molecule is O=C(C1NCCc2ccccc21)N1CCCC1. The number of likely N-dealkylation sites (tertiary alicyclic amines) is 1. The van der Waals surface area contributed by atoms with Crippen LogP contribution in [-0.4, -0.2) is 30.4 Å². The van der Waals surface area contributed by atoms with Gasteiger partial charge < -0.3 is 10.2 Å². The number of hydrogen-bond acceptors (Lipinski definition) is 2. The van der Waals surface area contributed by atoms with Crippen LogP contribution in [0.4, 0.5) is 0 Å². The Morgan fingerprint density at radius 2 is 2.00 bits per heavy atom. The number of hydrogen-bond donors (Lipinski definition) is 1. The van der Waals surface area contributed by atoms with Crippen LogP contribution < -0.4 is 5.32 Å². The standard InChI is InChI=1S/C14H18N2O/c17-14(16-9-3-4-10-16)13-12-6-2-1-5-11(12)7-8-15-13/h1-2,5-6,13,15H,3-4,7-10H2. The van der Waals surface area contributed by atoms with Gasteiger partial charge in [-0.05, 0) is 30.4 Å². The fourth-order valence-corrected chi connectivity index (χ4v) is 2.85. The molecule has 3 nitrogen and oxygen atoms in total. The Hall–Kier alpha value is -1.35. The largest absolute Gasteiger partial charge is 0.341 e. The predicted molar refractivity (Wildman–Crippen MR) is 66.7 cm³/mol. The molecule has 0 bridgehead atoms. The minimum absolute atomic E-state index is 0.113. The van der Waals surface area contributed by atoms with Gasteiger partial charge in [0.2, 0.25) is 5.91 Å². The Bertz CT molecular complexity index is 424. The molecule has 2 aliphatic rings. The molecule has 1 atom stereocenters. The number of fused-ring (bicyclic) bond motifs is 1. The molecule has 1 saturated heterocycles. The summed E-state index contributed by atoms with van der Waals surface area (Å²) in [6.07, 6.45) is 3.33. The van der Waals surface area contributed by atoms with Crippen molar-refractivity contribution in [3.8, 4) is 0 Å². The van der Waals surface area contributed by atoms with E-state index in [1.54, 1.807) is 0 Å². The van der Waals surface area contributed by atoms with E-state index in [9.17, 15) is 4.79 Å². The Labute approximate surface area is 102 Å². The first-order valence-electron chi connectivity index (χ1n) is 6.46. The molecule has 3 heteroatoms. The van der Waals surface area contributed by atoms with Crippen LogP contribution in [-0.2, 0) is 11.2 Å². The van der Waals surface area contributed by atoms with Crippen LogP contribution in [0.3, 0.4) is 0 Å². The molecule has 0 aromatic heterocycles. The van der Waals surface area contributed by atoms with Crippen LogP contribution in [0.1, 0.15) is 30.0 Å². The summed E-state index contributed by atoms with van der Waals surface area (Å²) in [4.78, 5) is 14.4. The second-order valence-corrected chi connectivity index (χ2v) is 4.87. The average molecular weight is 230 g/mol. The van der Waals surface area contributed by atoms with Crippen molar-refractivity contribution in [1.29, 1.82) is 0 Å². The van der Waals surface area contributed by atoms with Crippen LogP contribution >= 0.6 is 0 Å². The molecule has 0 spiro atoms. The Kier molecular flexibility index (Phi) is 2.85. The summed E-state index contributed by atoms with van der Waals surface area (Å²) in [5, 5.41) is 3.36. The number of carbonyl (C=O) groups excluding carboxylic acids is 1. The van der Waals surface area contributed by atoms with Gasteiger partial charge in [0.25, 0.3) is 0 Å². The molecular weight excluding hydrogens is 212 g/mol. The molecule has 0 saturated carbocycles. The van der Waals surface area contributed by atoms with Gasteiger partial charge in [-0.3, -0.25) is 4.79 Å². The maximum absolute atomic E-state index is 12.4. The van der Waals surface area contributed by atoms with Crippen LogP contribution in [0, 0.1) is 0 Å². The smallest absolute Gasteiger partial charge is 0.244 e. The van der Waals surface area contributed by atoms with Crippen molar-refractivity contribution in [2.45, 2.75) is 25.3 Å². The Morgan fingerprint density at radius 1 is 1.24 bits per heavy atom. The highest BCUT2D eigenvalue weighted by atomic mass is 16.2. The lowest BCUT2D eigenvalue weighted by Gasteiger charge is -2.29. The number of carbonyl (C=O) groups is 1. The first kappa shape index (κ1) is 10.8. The van der Waals surface area contributed by atoms with Crippen LogP contribution in [0.15, 0.2) is 24.3 Å². The van der Waals surface area contributed by atoms with Gasteiger partial charge in [0, 0.05) is 19.6 Å². The Morgan fingerprint density at radius 3 is 2.82 bits per heavy atom. The quantitative estimate of drug-likeness (QED) is 0.793. The molecule has 3 rings (SSSR count). The summed E-state index contributed by atoms with van der Waals surface area (Å²) in [5.41, 5.74) is 2.50. The lowest BCUT2D eigenvalue weighted by atomic mass is 9.93. The van der Waals surface area contributed by atoms with Crippen LogP contribution in [0.25, 0.3) is 0 Å². The molecule has 1 amide bonds. The van der Waals surface area contributed by atoms with E-state index in [2.05, 4.69) is 23.5 Å². The zero-order chi connectivity index (χ0) is 11.7. The maximum atomic E-state index is 12.4. The molecule has 1 N–H and O–H groups in total. The number of nitrogens with one attached hydrogen (secondary N) is 1. The summed E-state index contributed by atoms with van der Waals surface area (Å²) in [6, 6.07) is 8.19. The third-order valence-electron chi connectivity index (χ3n) is 3.77. The molecule has 90 valence electrons. The monoisotopic (exact) mass is 230 g/mol. The summed E-state index contributed by atoms with van der Waals surface area (Å²) < 4.78 is 0. The molecular formula is C14H18N2O. The number of amides is 1. The number of benzene rings is 1. The van der Waals surface area contributed by atoms with E-state index in [1.165, 1.54) is 11.1 Å². The van der Waals surface area contributed by atoms with Gasteiger partial charge in [-0.15, -0.1) is 0 Å². The lowest BCUT2D eigenvalue weighted by Crippen LogP contribution is -2.42. The fourth-order valence-electron chi connectivity index (χ4n) is 2.85. The van der Waals surface area contributed by atoms with Gasteiger partial charge in [0.1, 0.15) is 6.04 Å². The average Bonchev–Trinajstić information content (AvgIpc) is 2.91. The van der Waals surface area contributed by atoms with Crippen molar-refractivity contribution in [1.82, 2.24) is 10.2 Å². The molecule has 2 heterocycles. The first-order valence-corrected chi connectivity index (χ1v) is 6.46. The molecule has 17 heavy (non-hydrogen) atoms. The van der Waals surface area contributed by atoms with Crippen molar-refractivity contribution in [3.63, 3.8) is 0 Å². The highest BCUT2D eigenvalue weighted by Crippen LogP contribution is 2.25. The van der Waals surface area contributed by atoms with Crippen molar-refractivity contribution in [3.05, 3.63) is 35.4 Å². The fraction of sp³-hybridized carbons (Fsp3) is 0.500. The molecule has 1 fully saturated rings. The molecule has 1 unspecified atom stereocenters. The summed E-state index contributed by atoms with van der Waals surface area (Å²) in [6.45, 7) is 2.76. The highest BCUT2D eigenvalue weighted by molar-refractivity contribution is 5.84. The van der Waals surface area contributed by atoms with Crippen molar-refractivity contribution < 1.29 is 4.79 Å². The Balaban J connectivity index is 1.86. The van der Waals surface area contributed by atoms with E-state index in [4.69, 9.17) is 0 Å². The predicted octanol–water partition coefficient (Wildman–Crippen LogP) is 1.50. The summed E-state index contributed by atoms with van der Waals surface area (Å²) in [5.74, 6) is 0.259. The van der Waals surface area contributed by atoms with Crippen molar-refractivity contribution >= 4 is 5.91 Å². The van der Waals surface area contributed by atoms with Crippen LogP contribution in [0.2, 0.25) is 0 Å². The third-order valence-corrected chi connectivity index (χ3v) is 3.77. The second-order valence-electron chi connectivity index (χ2n) is 4.87. The van der Waals surface area contributed by atoms with Gasteiger partial charge in [-0.25, -0.2) is 0 Å². The van der Waals surface area contributed by atoms with Gasteiger partial charge in [-0.2, -0.15) is 0 Å². The minimum atomic E-state index is -0.113. The van der Waals surface area contributed by atoms with Crippen LogP contribution in [0.5, 0.6) is 0 Å². The van der Waals surface area contributed by atoms with Gasteiger partial charge in [-0.1, -0.05) is 24.3 Å². The van der Waals surface area contributed by atoms with E-state index in [-0.39, 0.29) is 11.9 Å². The lowest BCUT2D eigenvalue weighted by molar-refractivity contribution is -0.132. The van der Waals surface area contributed by atoms with E-state index >= 15 is 0 Å². The third kappa shape index (κ3) is 1.95. The molecule has 0 aliphatic carbocycles. The van der Waals surface area contributed by atoms with Gasteiger partial charge in [0.15, 0.2) is 0 Å². The minimum Gasteiger partial charge on any atom is -0.341 e. The summed E-state index contributed by atoms with van der Waals surface area (Å²) in [7, 11) is 0. The second kappa shape index (κ2) is 4.49. The van der Waals surface area contributed by atoms with Gasteiger partial charge in [0.05, 0.1) is 0 Å². The van der Waals surface area contributed by atoms with Crippen molar-refractivity contribution in [2.24, 2.45) is 0 Å². The topological polar surface area (TPSA) is 32.3 Å². The van der Waals surface area contributed by atoms with Crippen molar-refractivity contribution in [2.75, 3.05) is 19.6 Å². The first-order chi connectivity index (χ1) is 8.36. The zero-order valence-corrected chi connectivity index (χ0v) is 9.98. The molecule has 1 aromatic rings. The van der Waals surface area contributed by atoms with E-state index in [1.807, 2.05) is 11.0 Å². The normalized spacial score (nSPS) is 23.5. The van der Waals surface area contributed by atoms with Gasteiger partial charge >= 0.3 is 0 Å². The highest BCUT2D eigenvalue weighted by Gasteiger charge is 2.30. The van der Waals surface area contributed by atoms with E-state index < -0.39 is 0 Å². The van der Waals surface area contributed by atoms with E-state index in [0.29, 0.717) is 0 Å². The maximum Gasteiger partial charge on any atom is 0.244 e. The summed E-state index contributed by atoms with van der Waals surface area (Å²) >= 11 is 0. The number of rotatable bonds is 1. The number of nitrogens with zero attached hydrogens (tertiary/aromatic N) is 1. The zero-order valence-electron chi connectivity index (χ0n) is 9.98. The van der Waals surface area contributed by atoms with E-state index in [0.717, 1.165) is 38.9 Å². The molecule has 2 aliphatic heterocycles. The molecule has 1 aromatic carbocycles. The molecule has 0 radical (unpaired) electrons.